The number of carbonyl (C=O) groups excluding carboxylic acids is 1. The molecular weight excluding hydrogens is 337 g/mol. The highest BCUT2D eigenvalue weighted by atomic mass is 19.4. The Morgan fingerprint density at radius 2 is 1.88 bits per heavy atom. The second kappa shape index (κ2) is 7.72. The maximum Gasteiger partial charge on any atom is 0.417 e. The van der Waals surface area contributed by atoms with Crippen LogP contribution in [0.5, 0.6) is 5.75 Å². The second-order valence-electron chi connectivity index (χ2n) is 5.84. The molecule has 0 N–H and O–H groups in total. The molecule has 4 nitrogen and oxygen atoms in total. The predicted octanol–water partition coefficient (Wildman–Crippen LogP) is 4.86. The van der Waals surface area contributed by atoms with Crippen molar-refractivity contribution in [3.63, 3.8) is 0 Å². The fourth-order valence-corrected chi connectivity index (χ4v) is 2.66. The van der Waals surface area contributed by atoms with Gasteiger partial charge in [-0.3, -0.25) is 4.79 Å². The molecule has 0 radical (unpaired) electrons. The zero-order chi connectivity index (χ0) is 18.6. The van der Waals surface area contributed by atoms with E-state index in [4.69, 9.17) is 9.15 Å². The van der Waals surface area contributed by atoms with E-state index in [1.165, 1.54) is 19.1 Å². The molecule has 1 aromatic heterocycles. The molecule has 0 atom stereocenters. The first kappa shape index (κ1) is 19.0. The van der Waals surface area contributed by atoms with Crippen LogP contribution in [0.2, 0.25) is 0 Å². The van der Waals surface area contributed by atoms with Crippen LogP contribution in [0.25, 0.3) is 11.0 Å². The number of carbonyl (C=O) groups is 1. The summed E-state index contributed by atoms with van der Waals surface area (Å²) in [6, 6.07) is 2.92. The third-order valence-corrected chi connectivity index (χ3v) is 3.78. The molecule has 0 bridgehead atoms. The molecule has 25 heavy (non-hydrogen) atoms. The lowest BCUT2D eigenvalue weighted by molar-refractivity contribution is -0.136. The number of esters is 1. The average Bonchev–Trinajstić information content (AvgIpc) is 2.49. The minimum Gasteiger partial charge on any atom is -0.426 e. The molecule has 7 heteroatoms. The first-order valence-corrected chi connectivity index (χ1v) is 8.08. The number of ether oxygens (including phenoxy) is 1. The Hall–Kier alpha value is -2.31. The minimum absolute atomic E-state index is 0.124. The Labute approximate surface area is 142 Å². The molecule has 1 heterocycles. The van der Waals surface area contributed by atoms with Crippen LogP contribution in [0.3, 0.4) is 0 Å². The Morgan fingerprint density at radius 1 is 1.16 bits per heavy atom. The fourth-order valence-electron chi connectivity index (χ4n) is 2.66. The number of hydrogen-bond acceptors (Lipinski definition) is 4. The molecule has 0 aliphatic rings. The first-order valence-electron chi connectivity index (χ1n) is 8.08. The number of benzene rings is 1. The molecule has 1 aromatic carbocycles. The lowest BCUT2D eigenvalue weighted by Gasteiger charge is -2.13. The molecular formula is C18H19F3O4. The lowest BCUT2D eigenvalue weighted by Crippen LogP contribution is -2.12. The van der Waals surface area contributed by atoms with Gasteiger partial charge in [-0.2, -0.15) is 13.2 Å². The largest absolute Gasteiger partial charge is 0.426 e. The number of aryl methyl sites for hydroxylation is 1. The van der Waals surface area contributed by atoms with E-state index >= 15 is 0 Å². The van der Waals surface area contributed by atoms with Crippen molar-refractivity contribution in [3.05, 3.63) is 39.7 Å². The first-order chi connectivity index (χ1) is 11.7. The van der Waals surface area contributed by atoms with E-state index in [2.05, 4.69) is 6.92 Å². The highest BCUT2D eigenvalue weighted by Crippen LogP contribution is 2.36. The van der Waals surface area contributed by atoms with Crippen molar-refractivity contribution in [2.45, 2.75) is 52.1 Å². The highest BCUT2D eigenvalue weighted by molar-refractivity contribution is 5.84. The van der Waals surface area contributed by atoms with E-state index in [1.807, 2.05) is 0 Å². The van der Waals surface area contributed by atoms with Crippen molar-refractivity contribution in [1.29, 1.82) is 0 Å². The summed E-state index contributed by atoms with van der Waals surface area (Å²) in [7, 11) is 0. The van der Waals surface area contributed by atoms with Gasteiger partial charge in [0, 0.05) is 24.4 Å². The minimum atomic E-state index is -4.68. The Kier molecular flexibility index (Phi) is 5.87. The van der Waals surface area contributed by atoms with Crippen LogP contribution in [0, 0.1) is 0 Å². The molecule has 0 unspecified atom stereocenters. The van der Waals surface area contributed by atoms with Gasteiger partial charge in [0.05, 0.1) is 5.56 Å². The standard InChI is InChI=1S/C18H19F3O4/c1-3-4-5-6-7-12-8-13-14(18(19,20)21)9-17(23)25-16(13)10-15(12)24-11(2)22/h8-10H,3-7H2,1-2H3. The third kappa shape index (κ3) is 4.84. The number of halogens is 3. The molecule has 0 fully saturated rings. The van der Waals surface area contributed by atoms with Gasteiger partial charge in [0.15, 0.2) is 0 Å². The van der Waals surface area contributed by atoms with Gasteiger partial charge in [0.1, 0.15) is 11.3 Å². The highest BCUT2D eigenvalue weighted by Gasteiger charge is 2.34. The zero-order valence-corrected chi connectivity index (χ0v) is 14.0. The number of hydrogen-bond donors (Lipinski definition) is 0. The topological polar surface area (TPSA) is 56.5 Å². The normalized spacial score (nSPS) is 11.7. The van der Waals surface area contributed by atoms with Gasteiger partial charge in [0.25, 0.3) is 0 Å². The summed E-state index contributed by atoms with van der Waals surface area (Å²) in [4.78, 5) is 22.7. The number of alkyl halides is 3. The van der Waals surface area contributed by atoms with E-state index in [-0.39, 0.29) is 16.7 Å². The van der Waals surface area contributed by atoms with Gasteiger partial charge in [-0.25, -0.2) is 4.79 Å². The van der Waals surface area contributed by atoms with Crippen molar-refractivity contribution in [2.75, 3.05) is 0 Å². The number of rotatable bonds is 6. The maximum absolute atomic E-state index is 13.2. The van der Waals surface area contributed by atoms with E-state index in [1.54, 1.807) is 0 Å². The smallest absolute Gasteiger partial charge is 0.417 e. The van der Waals surface area contributed by atoms with Crippen LogP contribution in [0.1, 0.15) is 50.7 Å². The van der Waals surface area contributed by atoms with Crippen molar-refractivity contribution >= 4 is 16.9 Å². The Balaban J connectivity index is 2.56. The van der Waals surface area contributed by atoms with Crippen LogP contribution in [0.15, 0.2) is 27.4 Å². The lowest BCUT2D eigenvalue weighted by atomic mass is 10.0. The SMILES string of the molecule is CCCCCCc1cc2c(C(F)(F)F)cc(=O)oc2cc1OC(C)=O. The molecule has 0 amide bonds. The van der Waals surface area contributed by atoms with Gasteiger partial charge in [-0.1, -0.05) is 26.2 Å². The van der Waals surface area contributed by atoms with E-state index < -0.39 is 23.3 Å². The zero-order valence-electron chi connectivity index (χ0n) is 14.0. The third-order valence-electron chi connectivity index (χ3n) is 3.78. The molecule has 2 aromatic rings. The monoisotopic (exact) mass is 356 g/mol. The summed E-state index contributed by atoms with van der Waals surface area (Å²) in [6.45, 7) is 3.26. The van der Waals surface area contributed by atoms with Crippen LogP contribution in [-0.4, -0.2) is 5.97 Å². The van der Waals surface area contributed by atoms with Gasteiger partial charge in [-0.15, -0.1) is 0 Å². The molecule has 0 spiro atoms. The molecule has 0 aliphatic heterocycles. The van der Waals surface area contributed by atoms with Crippen molar-refractivity contribution in [2.24, 2.45) is 0 Å². The van der Waals surface area contributed by atoms with E-state index in [9.17, 15) is 22.8 Å². The van der Waals surface area contributed by atoms with E-state index in [0.717, 1.165) is 25.7 Å². The van der Waals surface area contributed by atoms with E-state index in [0.29, 0.717) is 18.1 Å². The molecule has 0 saturated heterocycles. The summed E-state index contributed by atoms with van der Waals surface area (Å²) in [6.07, 6.45) is -0.502. The van der Waals surface area contributed by atoms with Crippen molar-refractivity contribution in [1.82, 2.24) is 0 Å². The molecule has 0 aliphatic carbocycles. The van der Waals surface area contributed by atoms with Crippen molar-refractivity contribution in [3.8, 4) is 5.75 Å². The number of unbranched alkanes of at least 4 members (excludes halogenated alkanes) is 3. The van der Waals surface area contributed by atoms with Crippen molar-refractivity contribution < 1.29 is 27.1 Å². The summed E-state index contributed by atoms with van der Waals surface area (Å²) < 4.78 is 49.6. The molecule has 136 valence electrons. The van der Waals surface area contributed by atoms with Crippen LogP contribution in [-0.2, 0) is 17.4 Å². The predicted molar refractivity (Wildman–Crippen MR) is 86.6 cm³/mol. The quantitative estimate of drug-likeness (QED) is 0.321. The molecule has 2 rings (SSSR count). The van der Waals surface area contributed by atoms with Gasteiger partial charge in [0.2, 0.25) is 0 Å². The second-order valence-corrected chi connectivity index (χ2v) is 5.84. The van der Waals surface area contributed by atoms with Gasteiger partial charge >= 0.3 is 17.8 Å². The van der Waals surface area contributed by atoms with Gasteiger partial charge in [-0.05, 0) is 24.5 Å². The Morgan fingerprint density at radius 3 is 2.48 bits per heavy atom. The fraction of sp³-hybridized carbons (Fsp3) is 0.444. The van der Waals surface area contributed by atoms with Crippen LogP contribution < -0.4 is 10.4 Å². The Bertz CT molecular complexity index is 821. The summed E-state index contributed by atoms with van der Waals surface area (Å²) in [5.41, 5.74) is -1.93. The molecule has 0 saturated carbocycles. The average molecular weight is 356 g/mol. The number of fused-ring (bicyclic) bond motifs is 1. The summed E-state index contributed by atoms with van der Waals surface area (Å²) >= 11 is 0. The van der Waals surface area contributed by atoms with Crippen LogP contribution in [0.4, 0.5) is 13.2 Å². The summed E-state index contributed by atoms with van der Waals surface area (Å²) in [5.74, 6) is -0.470. The summed E-state index contributed by atoms with van der Waals surface area (Å²) in [5, 5.41) is -0.214. The van der Waals surface area contributed by atoms with Crippen LogP contribution >= 0.6 is 0 Å². The maximum atomic E-state index is 13.2. The van der Waals surface area contributed by atoms with Gasteiger partial charge < -0.3 is 9.15 Å².